The zero-order chi connectivity index (χ0) is 20.2. The maximum Gasteiger partial charge on any atom is 0.315 e. The second kappa shape index (κ2) is 11.6. The van der Waals surface area contributed by atoms with Crippen molar-refractivity contribution in [3.05, 3.63) is 54.1 Å². The average molecular weight is 394 g/mol. The minimum Gasteiger partial charge on any atom is -0.497 e. The van der Waals surface area contributed by atoms with Crippen molar-refractivity contribution in [2.24, 2.45) is 0 Å². The molecular formula is C20H24F2N2O4. The fourth-order valence-corrected chi connectivity index (χ4v) is 2.29. The van der Waals surface area contributed by atoms with Gasteiger partial charge in [-0.3, -0.25) is 0 Å². The predicted octanol–water partition coefficient (Wildman–Crippen LogP) is 3.61. The van der Waals surface area contributed by atoms with Gasteiger partial charge in [-0.2, -0.15) is 0 Å². The number of ether oxygens (including phenoxy) is 3. The van der Waals surface area contributed by atoms with E-state index >= 15 is 0 Å². The molecule has 28 heavy (non-hydrogen) atoms. The number of carbonyl (C=O) groups is 1. The summed E-state index contributed by atoms with van der Waals surface area (Å²) in [6, 6.07) is 13.6. The van der Waals surface area contributed by atoms with Gasteiger partial charge in [0.05, 0.1) is 13.7 Å². The van der Waals surface area contributed by atoms with Gasteiger partial charge in [0.25, 0.3) is 6.43 Å². The van der Waals surface area contributed by atoms with Crippen molar-refractivity contribution in [1.82, 2.24) is 10.6 Å². The molecule has 8 heteroatoms. The number of carbonyl (C=O) groups excluding carboxylic acids is 1. The molecule has 0 bridgehead atoms. The van der Waals surface area contributed by atoms with E-state index < -0.39 is 13.0 Å². The molecule has 2 aromatic carbocycles. The number of alkyl halides is 2. The molecule has 0 unspecified atom stereocenters. The number of hydrogen-bond donors (Lipinski definition) is 2. The summed E-state index contributed by atoms with van der Waals surface area (Å²) in [6.45, 7) is 0.533. The Morgan fingerprint density at radius 2 is 1.75 bits per heavy atom. The molecule has 0 spiro atoms. The molecule has 2 amide bonds. The van der Waals surface area contributed by atoms with E-state index in [1.807, 2.05) is 24.3 Å². The van der Waals surface area contributed by atoms with Gasteiger partial charge < -0.3 is 24.8 Å². The third-order valence-electron chi connectivity index (χ3n) is 3.66. The lowest BCUT2D eigenvalue weighted by molar-refractivity contribution is 0.0818. The number of halogens is 2. The summed E-state index contributed by atoms with van der Waals surface area (Å²) >= 11 is 0. The van der Waals surface area contributed by atoms with E-state index in [0.717, 1.165) is 17.1 Å². The quantitative estimate of drug-likeness (QED) is 0.572. The lowest BCUT2D eigenvalue weighted by atomic mass is 10.2. The van der Waals surface area contributed by atoms with E-state index in [0.29, 0.717) is 25.3 Å². The first kappa shape index (κ1) is 21.3. The van der Waals surface area contributed by atoms with E-state index in [-0.39, 0.29) is 12.6 Å². The molecule has 0 radical (unpaired) electrons. The molecule has 6 nitrogen and oxygen atoms in total. The predicted molar refractivity (Wildman–Crippen MR) is 101 cm³/mol. The first-order chi connectivity index (χ1) is 13.6. The molecular weight excluding hydrogens is 370 g/mol. The molecule has 0 aliphatic heterocycles. The third kappa shape index (κ3) is 8.11. The Morgan fingerprint density at radius 1 is 1.00 bits per heavy atom. The van der Waals surface area contributed by atoms with Crippen molar-refractivity contribution in [3.63, 3.8) is 0 Å². The molecule has 2 N–H and O–H groups in total. The maximum atomic E-state index is 12.2. The highest BCUT2D eigenvalue weighted by molar-refractivity contribution is 5.73. The standard InChI is InChI=1S/C20H24F2N2O4/c1-26-16-6-8-17(9-7-16)27-11-3-10-23-20(25)24-13-15-4-2-5-18(12-15)28-14-19(21)22/h2,4-9,12,19H,3,10-11,13-14H2,1H3,(H2,23,24,25). The monoisotopic (exact) mass is 394 g/mol. The van der Waals surface area contributed by atoms with Crippen LogP contribution in [-0.2, 0) is 6.54 Å². The summed E-state index contributed by atoms with van der Waals surface area (Å²) in [4.78, 5) is 11.8. The highest BCUT2D eigenvalue weighted by atomic mass is 19.3. The van der Waals surface area contributed by atoms with E-state index in [2.05, 4.69) is 10.6 Å². The van der Waals surface area contributed by atoms with Crippen LogP contribution in [0.25, 0.3) is 0 Å². The van der Waals surface area contributed by atoms with Gasteiger partial charge in [0.15, 0.2) is 0 Å². The van der Waals surface area contributed by atoms with Crippen LogP contribution in [0.3, 0.4) is 0 Å². The molecule has 2 aromatic rings. The lowest BCUT2D eigenvalue weighted by Gasteiger charge is -2.10. The van der Waals surface area contributed by atoms with E-state index in [1.54, 1.807) is 31.4 Å². The Bertz CT molecular complexity index is 726. The molecule has 0 aliphatic rings. The van der Waals surface area contributed by atoms with Crippen molar-refractivity contribution in [1.29, 1.82) is 0 Å². The van der Waals surface area contributed by atoms with Gasteiger partial charge >= 0.3 is 6.03 Å². The van der Waals surface area contributed by atoms with E-state index in [9.17, 15) is 13.6 Å². The van der Waals surface area contributed by atoms with Crippen LogP contribution in [0.15, 0.2) is 48.5 Å². The van der Waals surface area contributed by atoms with Crippen LogP contribution < -0.4 is 24.8 Å². The van der Waals surface area contributed by atoms with Crippen molar-refractivity contribution < 1.29 is 27.8 Å². The molecule has 0 aliphatic carbocycles. The number of benzene rings is 2. The summed E-state index contributed by atoms with van der Waals surface area (Å²) in [7, 11) is 1.60. The minimum absolute atomic E-state index is 0.264. The van der Waals surface area contributed by atoms with Crippen LogP contribution >= 0.6 is 0 Å². The smallest absolute Gasteiger partial charge is 0.315 e. The van der Waals surface area contributed by atoms with Gasteiger partial charge in [-0.25, -0.2) is 13.6 Å². The normalized spacial score (nSPS) is 10.4. The zero-order valence-corrected chi connectivity index (χ0v) is 15.6. The largest absolute Gasteiger partial charge is 0.497 e. The summed E-state index contributed by atoms with van der Waals surface area (Å²) in [5.74, 6) is 1.84. The highest BCUT2D eigenvalue weighted by Crippen LogP contribution is 2.17. The van der Waals surface area contributed by atoms with Crippen molar-refractivity contribution in [2.75, 3.05) is 26.9 Å². The van der Waals surface area contributed by atoms with Gasteiger partial charge in [-0.05, 0) is 48.4 Å². The number of amides is 2. The average Bonchev–Trinajstić information content (AvgIpc) is 2.71. The Morgan fingerprint density at radius 3 is 2.46 bits per heavy atom. The second-order valence-corrected chi connectivity index (χ2v) is 5.84. The van der Waals surface area contributed by atoms with Crippen LogP contribution in [0.1, 0.15) is 12.0 Å². The number of methoxy groups -OCH3 is 1. The van der Waals surface area contributed by atoms with E-state index in [4.69, 9.17) is 14.2 Å². The second-order valence-electron chi connectivity index (χ2n) is 5.84. The molecule has 0 saturated carbocycles. The topological polar surface area (TPSA) is 68.8 Å². The Kier molecular flexibility index (Phi) is 8.84. The summed E-state index contributed by atoms with van der Waals surface area (Å²) in [5, 5.41) is 5.44. The van der Waals surface area contributed by atoms with Crippen LogP contribution in [0.5, 0.6) is 17.2 Å². The third-order valence-corrected chi connectivity index (χ3v) is 3.66. The lowest BCUT2D eigenvalue weighted by Crippen LogP contribution is -2.36. The van der Waals surface area contributed by atoms with Gasteiger partial charge in [-0.1, -0.05) is 12.1 Å². The molecule has 0 atom stereocenters. The van der Waals surface area contributed by atoms with Gasteiger partial charge in [0, 0.05) is 13.1 Å². The number of hydrogen-bond acceptors (Lipinski definition) is 4. The fraction of sp³-hybridized carbons (Fsp3) is 0.350. The van der Waals surface area contributed by atoms with Crippen LogP contribution in [0.4, 0.5) is 13.6 Å². The van der Waals surface area contributed by atoms with Crippen molar-refractivity contribution in [2.45, 2.75) is 19.4 Å². The number of rotatable bonds is 11. The first-order valence-corrected chi connectivity index (χ1v) is 8.85. The van der Waals surface area contributed by atoms with Crippen LogP contribution in [0.2, 0.25) is 0 Å². The summed E-state index contributed by atoms with van der Waals surface area (Å²) in [5.41, 5.74) is 0.754. The minimum atomic E-state index is -2.53. The van der Waals surface area contributed by atoms with Crippen LogP contribution in [-0.4, -0.2) is 39.3 Å². The van der Waals surface area contributed by atoms with Crippen LogP contribution in [0, 0.1) is 0 Å². The Balaban J connectivity index is 1.60. The van der Waals surface area contributed by atoms with Gasteiger partial charge in [-0.15, -0.1) is 0 Å². The SMILES string of the molecule is COc1ccc(OCCCNC(=O)NCc2cccc(OCC(F)F)c2)cc1. The highest BCUT2D eigenvalue weighted by Gasteiger charge is 2.05. The number of urea groups is 1. The molecule has 0 aromatic heterocycles. The summed E-state index contributed by atoms with van der Waals surface area (Å²) < 4.78 is 39.9. The fourth-order valence-electron chi connectivity index (χ4n) is 2.29. The molecule has 0 saturated heterocycles. The van der Waals surface area contributed by atoms with E-state index in [1.165, 1.54) is 0 Å². The maximum absolute atomic E-state index is 12.2. The molecule has 152 valence electrons. The van der Waals surface area contributed by atoms with Crippen molar-refractivity contribution >= 4 is 6.03 Å². The summed E-state index contributed by atoms with van der Waals surface area (Å²) in [6.07, 6.45) is -1.88. The Labute approximate surface area is 162 Å². The molecule has 0 heterocycles. The zero-order valence-electron chi connectivity index (χ0n) is 15.6. The number of nitrogens with one attached hydrogen (secondary N) is 2. The Hall–Kier alpha value is -3.03. The molecule has 2 rings (SSSR count). The van der Waals surface area contributed by atoms with Gasteiger partial charge in [0.1, 0.15) is 23.9 Å². The van der Waals surface area contributed by atoms with Crippen molar-refractivity contribution in [3.8, 4) is 17.2 Å². The molecule has 0 fully saturated rings. The van der Waals surface area contributed by atoms with Gasteiger partial charge in [0.2, 0.25) is 0 Å². The first-order valence-electron chi connectivity index (χ1n) is 8.85.